The van der Waals surface area contributed by atoms with E-state index in [0.717, 1.165) is 21.8 Å². The summed E-state index contributed by atoms with van der Waals surface area (Å²) in [5.74, 6) is 0. The fourth-order valence-corrected chi connectivity index (χ4v) is 2.76. The largest absolute Gasteiger partial charge is 0.784 e. The molecule has 0 radical (unpaired) electrons. The second kappa shape index (κ2) is 9.14. The first kappa shape index (κ1) is 17.4. The van der Waals surface area contributed by atoms with E-state index >= 15 is 0 Å². The Labute approximate surface area is 149 Å². The van der Waals surface area contributed by atoms with Gasteiger partial charge in [-0.05, 0) is 16.7 Å². The van der Waals surface area contributed by atoms with E-state index in [1.165, 1.54) is 0 Å². The zero-order valence-electron chi connectivity index (χ0n) is 14.1. The van der Waals surface area contributed by atoms with Gasteiger partial charge >= 0.3 is 0 Å². The first-order valence-electron chi connectivity index (χ1n) is 8.47. The molecule has 0 aliphatic rings. The van der Waals surface area contributed by atoms with Gasteiger partial charge < -0.3 is 15.0 Å². The van der Waals surface area contributed by atoms with Crippen molar-refractivity contribution in [3.05, 3.63) is 113 Å². The summed E-state index contributed by atoms with van der Waals surface area (Å²) in [6.45, 7) is 1.20. The fraction of sp³-hybridized carbons (Fsp3) is 0.182. The zero-order chi connectivity index (χ0) is 17.3. The molecule has 3 heteroatoms. The van der Waals surface area contributed by atoms with Gasteiger partial charge in [0.2, 0.25) is 0 Å². The molecule has 0 aliphatic heterocycles. The van der Waals surface area contributed by atoms with E-state index in [1.807, 2.05) is 91.0 Å². The lowest BCUT2D eigenvalue weighted by molar-refractivity contribution is 0.0647. The Morgan fingerprint density at radius 3 is 1.84 bits per heavy atom. The molecule has 0 spiro atoms. The summed E-state index contributed by atoms with van der Waals surface area (Å²) in [7, 11) is 0. The Morgan fingerprint density at radius 2 is 1.24 bits per heavy atom. The van der Waals surface area contributed by atoms with E-state index in [4.69, 9.17) is 4.74 Å². The van der Waals surface area contributed by atoms with Crippen LogP contribution in [0, 0.1) is 5.21 Å². The van der Waals surface area contributed by atoms with Gasteiger partial charge in [0.15, 0.2) is 0 Å². The maximum atomic E-state index is 12.8. The van der Waals surface area contributed by atoms with Crippen LogP contribution in [0.1, 0.15) is 22.7 Å². The van der Waals surface area contributed by atoms with Crippen molar-refractivity contribution in [2.75, 3.05) is 6.61 Å². The van der Waals surface area contributed by atoms with Gasteiger partial charge in [-0.15, -0.1) is 0 Å². The highest BCUT2D eigenvalue weighted by Crippen LogP contribution is 2.22. The number of rotatable bonds is 8. The van der Waals surface area contributed by atoms with Crippen LogP contribution in [-0.2, 0) is 17.9 Å². The van der Waals surface area contributed by atoms with Gasteiger partial charge in [-0.3, -0.25) is 0 Å². The minimum atomic E-state index is -0.329. The predicted octanol–water partition coefficient (Wildman–Crippen LogP) is 4.94. The molecule has 0 fully saturated rings. The molecule has 0 saturated heterocycles. The van der Waals surface area contributed by atoms with Crippen molar-refractivity contribution in [3.63, 3.8) is 0 Å². The molecule has 0 aromatic heterocycles. The van der Waals surface area contributed by atoms with Crippen LogP contribution in [0.25, 0.3) is 0 Å². The van der Waals surface area contributed by atoms with Crippen molar-refractivity contribution in [1.29, 1.82) is 0 Å². The summed E-state index contributed by atoms with van der Waals surface area (Å²) in [6.07, 6.45) is 0. The fourth-order valence-electron chi connectivity index (χ4n) is 2.76. The molecule has 0 heterocycles. The molecule has 0 N–H and O–H groups in total. The first-order chi connectivity index (χ1) is 12.3. The molecular weight excluding hydrogens is 310 g/mol. The molecular formula is C22H22NO2-. The van der Waals surface area contributed by atoms with Crippen molar-refractivity contribution >= 4 is 0 Å². The molecule has 3 aromatic rings. The lowest BCUT2D eigenvalue weighted by Gasteiger charge is -2.37. The predicted molar refractivity (Wildman–Crippen MR) is 101 cm³/mol. The highest BCUT2D eigenvalue weighted by Gasteiger charge is 2.14. The van der Waals surface area contributed by atoms with Crippen molar-refractivity contribution in [2.45, 2.75) is 19.2 Å². The number of hydrogen-bond donors (Lipinski definition) is 0. The van der Waals surface area contributed by atoms with Gasteiger partial charge in [-0.1, -0.05) is 91.0 Å². The SMILES string of the molecule is [O-]N(Cc1ccccc1)C(COCc1ccccc1)c1ccccc1. The Morgan fingerprint density at radius 1 is 0.720 bits per heavy atom. The second-order valence-corrected chi connectivity index (χ2v) is 5.99. The summed E-state index contributed by atoms with van der Waals surface area (Å²) in [6, 6.07) is 29.3. The summed E-state index contributed by atoms with van der Waals surface area (Å²) in [5.41, 5.74) is 3.08. The molecule has 25 heavy (non-hydrogen) atoms. The summed E-state index contributed by atoms with van der Waals surface area (Å²) in [5, 5.41) is 13.9. The van der Waals surface area contributed by atoms with Gasteiger partial charge in [-0.2, -0.15) is 0 Å². The Bertz CT molecular complexity index is 732. The molecule has 128 valence electrons. The third-order valence-electron chi connectivity index (χ3n) is 4.10. The summed E-state index contributed by atoms with van der Waals surface area (Å²) >= 11 is 0. The van der Waals surface area contributed by atoms with Gasteiger partial charge in [-0.25, -0.2) is 0 Å². The Kier molecular flexibility index (Phi) is 6.35. The molecule has 0 saturated carbocycles. The standard InChI is InChI=1S/C22H22NO2/c24-23(16-19-10-4-1-5-11-19)22(21-14-8-3-9-15-21)18-25-17-20-12-6-2-7-13-20/h1-15,22H,16-18H2/q-1. The molecule has 0 amide bonds. The Hall–Kier alpha value is -2.46. The lowest BCUT2D eigenvalue weighted by atomic mass is 10.1. The minimum Gasteiger partial charge on any atom is -0.784 e. The quantitative estimate of drug-likeness (QED) is 0.548. The van der Waals surface area contributed by atoms with Crippen LogP contribution >= 0.6 is 0 Å². The van der Waals surface area contributed by atoms with Gasteiger partial charge in [0.25, 0.3) is 0 Å². The van der Waals surface area contributed by atoms with E-state index in [-0.39, 0.29) is 6.04 Å². The molecule has 0 bridgehead atoms. The minimum absolute atomic E-state index is 0.329. The van der Waals surface area contributed by atoms with Crippen molar-refractivity contribution in [3.8, 4) is 0 Å². The maximum absolute atomic E-state index is 12.8. The highest BCUT2D eigenvalue weighted by atomic mass is 16.5. The van der Waals surface area contributed by atoms with Crippen molar-refractivity contribution < 1.29 is 4.74 Å². The number of hydroxylamine groups is 2. The second-order valence-electron chi connectivity index (χ2n) is 5.99. The van der Waals surface area contributed by atoms with Crippen molar-refractivity contribution in [2.24, 2.45) is 0 Å². The third-order valence-corrected chi connectivity index (χ3v) is 4.10. The van der Waals surface area contributed by atoms with E-state index < -0.39 is 0 Å². The van der Waals surface area contributed by atoms with Gasteiger partial charge in [0.05, 0.1) is 13.2 Å². The molecule has 1 unspecified atom stereocenters. The van der Waals surface area contributed by atoms with Crippen LogP contribution in [0.4, 0.5) is 0 Å². The van der Waals surface area contributed by atoms with Crippen LogP contribution in [0.15, 0.2) is 91.0 Å². The maximum Gasteiger partial charge on any atom is 0.0717 e. The summed E-state index contributed by atoms with van der Waals surface area (Å²) < 4.78 is 5.85. The number of hydrogen-bond acceptors (Lipinski definition) is 3. The van der Waals surface area contributed by atoms with Crippen LogP contribution < -0.4 is 0 Å². The van der Waals surface area contributed by atoms with Crippen LogP contribution in [0.2, 0.25) is 0 Å². The van der Waals surface area contributed by atoms with Crippen LogP contribution in [-0.4, -0.2) is 11.7 Å². The normalized spacial score (nSPS) is 12.2. The smallest absolute Gasteiger partial charge is 0.0717 e. The monoisotopic (exact) mass is 332 g/mol. The number of nitrogens with zero attached hydrogens (tertiary/aromatic N) is 1. The topological polar surface area (TPSA) is 35.5 Å². The number of ether oxygens (including phenoxy) is 1. The van der Waals surface area contributed by atoms with Crippen molar-refractivity contribution in [1.82, 2.24) is 5.06 Å². The van der Waals surface area contributed by atoms with E-state index in [1.54, 1.807) is 0 Å². The molecule has 3 nitrogen and oxygen atoms in total. The van der Waals surface area contributed by atoms with Crippen LogP contribution in [0.5, 0.6) is 0 Å². The molecule has 0 aliphatic carbocycles. The van der Waals surface area contributed by atoms with E-state index in [2.05, 4.69) is 0 Å². The Balaban J connectivity index is 1.67. The molecule has 3 rings (SSSR count). The van der Waals surface area contributed by atoms with Crippen LogP contribution in [0.3, 0.4) is 0 Å². The zero-order valence-corrected chi connectivity index (χ0v) is 14.1. The first-order valence-corrected chi connectivity index (χ1v) is 8.47. The van der Waals surface area contributed by atoms with E-state index in [0.29, 0.717) is 19.8 Å². The number of benzene rings is 3. The average Bonchev–Trinajstić information content (AvgIpc) is 2.67. The average molecular weight is 332 g/mol. The molecule has 1 atom stereocenters. The molecule has 3 aromatic carbocycles. The third kappa shape index (κ3) is 5.26. The summed E-state index contributed by atoms with van der Waals surface area (Å²) in [4.78, 5) is 0. The van der Waals surface area contributed by atoms with Gasteiger partial charge in [0.1, 0.15) is 0 Å². The van der Waals surface area contributed by atoms with Gasteiger partial charge in [0, 0.05) is 12.6 Å². The highest BCUT2D eigenvalue weighted by molar-refractivity contribution is 5.21. The lowest BCUT2D eigenvalue weighted by Crippen LogP contribution is -2.26. The van der Waals surface area contributed by atoms with E-state index in [9.17, 15) is 5.21 Å².